The predicted molar refractivity (Wildman–Crippen MR) is 80.2 cm³/mol. The molecule has 20 heavy (non-hydrogen) atoms. The maximum Gasteiger partial charge on any atom is 0.183 e. The van der Waals surface area contributed by atoms with E-state index in [-0.39, 0.29) is 0 Å². The number of rotatable bonds is 8. The molecule has 0 amide bonds. The van der Waals surface area contributed by atoms with Crippen molar-refractivity contribution in [3.05, 3.63) is 18.0 Å². The number of pyridine rings is 1. The summed E-state index contributed by atoms with van der Waals surface area (Å²) in [5.74, 6) is 2.45. The molecule has 1 aromatic rings. The molecule has 0 spiro atoms. The van der Waals surface area contributed by atoms with Crippen LogP contribution in [0.1, 0.15) is 44.2 Å². The molecule has 1 aromatic heterocycles. The summed E-state index contributed by atoms with van der Waals surface area (Å²) in [6, 6.07) is 1.82. The molecule has 0 atom stereocenters. The Labute approximate surface area is 121 Å². The quantitative estimate of drug-likeness (QED) is 0.742. The fourth-order valence-electron chi connectivity index (χ4n) is 3.00. The number of ether oxygens (including phenoxy) is 2. The summed E-state index contributed by atoms with van der Waals surface area (Å²) in [7, 11) is 3.31. The number of nitrogens with one attached hydrogen (secondary N) is 1. The van der Waals surface area contributed by atoms with Gasteiger partial charge in [0.15, 0.2) is 11.5 Å². The molecule has 112 valence electrons. The van der Waals surface area contributed by atoms with Crippen molar-refractivity contribution >= 4 is 0 Å². The van der Waals surface area contributed by atoms with Gasteiger partial charge in [-0.1, -0.05) is 25.7 Å². The molecular weight excluding hydrogens is 252 g/mol. The first-order valence-electron chi connectivity index (χ1n) is 7.61. The number of nitrogens with zero attached hydrogens (tertiary/aromatic N) is 1. The summed E-state index contributed by atoms with van der Waals surface area (Å²) in [6.45, 7) is 1.77. The Bertz CT molecular complexity index is 403. The maximum atomic E-state index is 5.38. The van der Waals surface area contributed by atoms with Gasteiger partial charge in [0.05, 0.1) is 19.9 Å². The van der Waals surface area contributed by atoms with Gasteiger partial charge in [0.1, 0.15) is 0 Å². The Morgan fingerprint density at radius 3 is 2.75 bits per heavy atom. The van der Waals surface area contributed by atoms with Gasteiger partial charge in [0, 0.05) is 18.8 Å². The third-order valence-electron chi connectivity index (χ3n) is 4.10. The molecule has 0 bridgehead atoms. The molecule has 1 aliphatic rings. The van der Waals surface area contributed by atoms with Crippen LogP contribution in [0.3, 0.4) is 0 Å². The van der Waals surface area contributed by atoms with E-state index in [1.165, 1.54) is 38.5 Å². The van der Waals surface area contributed by atoms with Gasteiger partial charge in [0.25, 0.3) is 0 Å². The van der Waals surface area contributed by atoms with Crippen LogP contribution < -0.4 is 14.8 Å². The summed E-state index contributed by atoms with van der Waals surface area (Å²) >= 11 is 0. The zero-order chi connectivity index (χ0) is 14.2. The third-order valence-corrected chi connectivity index (χ3v) is 4.10. The van der Waals surface area contributed by atoms with Crippen LogP contribution in [0.25, 0.3) is 0 Å². The first-order chi connectivity index (χ1) is 9.85. The average Bonchev–Trinajstić information content (AvgIpc) is 2.99. The van der Waals surface area contributed by atoms with Crippen molar-refractivity contribution in [2.75, 3.05) is 20.8 Å². The zero-order valence-electron chi connectivity index (χ0n) is 12.7. The first-order valence-corrected chi connectivity index (χ1v) is 7.61. The Balaban J connectivity index is 1.73. The van der Waals surface area contributed by atoms with E-state index in [0.29, 0.717) is 0 Å². The highest BCUT2D eigenvalue weighted by Gasteiger charge is 2.14. The number of hydrogen-bond donors (Lipinski definition) is 1. The summed E-state index contributed by atoms with van der Waals surface area (Å²) in [4.78, 5) is 4.37. The van der Waals surface area contributed by atoms with Gasteiger partial charge in [0.2, 0.25) is 0 Å². The molecule has 2 rings (SSSR count). The van der Waals surface area contributed by atoms with Crippen LogP contribution in [0, 0.1) is 5.92 Å². The maximum absolute atomic E-state index is 5.38. The van der Waals surface area contributed by atoms with Gasteiger partial charge in [-0.2, -0.15) is 0 Å². The lowest BCUT2D eigenvalue weighted by atomic mass is 10.0. The van der Waals surface area contributed by atoms with Gasteiger partial charge in [-0.05, 0) is 25.3 Å². The van der Waals surface area contributed by atoms with E-state index in [4.69, 9.17) is 9.47 Å². The van der Waals surface area contributed by atoms with Gasteiger partial charge in [-0.3, -0.25) is 4.98 Å². The van der Waals surface area contributed by atoms with Gasteiger partial charge in [-0.15, -0.1) is 0 Å². The predicted octanol–water partition coefficient (Wildman–Crippen LogP) is 3.16. The Kier molecular flexibility index (Phi) is 6.12. The van der Waals surface area contributed by atoms with Crippen molar-refractivity contribution in [2.45, 2.75) is 45.1 Å². The second-order valence-electron chi connectivity index (χ2n) is 5.46. The monoisotopic (exact) mass is 278 g/mol. The lowest BCUT2D eigenvalue weighted by Gasteiger charge is -2.12. The van der Waals surface area contributed by atoms with Crippen LogP contribution in [0.4, 0.5) is 0 Å². The highest BCUT2D eigenvalue weighted by atomic mass is 16.5. The molecule has 1 N–H and O–H groups in total. The molecule has 4 nitrogen and oxygen atoms in total. The molecule has 0 radical (unpaired) electrons. The van der Waals surface area contributed by atoms with Crippen LogP contribution in [0.2, 0.25) is 0 Å². The van der Waals surface area contributed by atoms with Crippen LogP contribution >= 0.6 is 0 Å². The van der Waals surface area contributed by atoms with E-state index in [2.05, 4.69) is 10.3 Å². The SMILES string of the molecule is COc1ccnc(CNCCCC2CCCC2)c1OC. The van der Waals surface area contributed by atoms with E-state index in [9.17, 15) is 0 Å². The van der Waals surface area contributed by atoms with Gasteiger partial charge < -0.3 is 14.8 Å². The second-order valence-corrected chi connectivity index (χ2v) is 5.46. The van der Waals surface area contributed by atoms with Gasteiger partial charge >= 0.3 is 0 Å². The fraction of sp³-hybridized carbons (Fsp3) is 0.688. The van der Waals surface area contributed by atoms with E-state index < -0.39 is 0 Å². The van der Waals surface area contributed by atoms with Crippen molar-refractivity contribution in [1.29, 1.82) is 0 Å². The van der Waals surface area contributed by atoms with Crippen LogP contribution in [-0.4, -0.2) is 25.7 Å². The number of aromatic nitrogens is 1. The Hall–Kier alpha value is -1.29. The summed E-state index contributed by atoms with van der Waals surface area (Å²) < 4.78 is 10.7. The molecule has 4 heteroatoms. The summed E-state index contributed by atoms with van der Waals surface area (Å²) in [5.41, 5.74) is 0.910. The zero-order valence-corrected chi connectivity index (χ0v) is 12.7. The molecule has 1 aliphatic carbocycles. The average molecular weight is 278 g/mol. The molecule has 1 saturated carbocycles. The van der Waals surface area contributed by atoms with E-state index in [1.807, 2.05) is 6.07 Å². The van der Waals surface area contributed by atoms with Crippen molar-refractivity contribution in [3.8, 4) is 11.5 Å². The first kappa shape index (κ1) is 15.1. The van der Waals surface area contributed by atoms with Crippen molar-refractivity contribution < 1.29 is 9.47 Å². The standard InChI is InChI=1S/C16H26N2O2/c1-19-15-9-11-18-14(16(15)20-2)12-17-10-5-8-13-6-3-4-7-13/h9,11,13,17H,3-8,10,12H2,1-2H3. The van der Waals surface area contributed by atoms with Crippen molar-refractivity contribution in [1.82, 2.24) is 10.3 Å². The smallest absolute Gasteiger partial charge is 0.183 e. The molecule has 1 heterocycles. The summed E-state index contributed by atoms with van der Waals surface area (Å²) in [6.07, 6.45) is 10.1. The van der Waals surface area contributed by atoms with Crippen LogP contribution in [0.15, 0.2) is 12.3 Å². The van der Waals surface area contributed by atoms with Crippen molar-refractivity contribution in [2.24, 2.45) is 5.92 Å². The van der Waals surface area contributed by atoms with Crippen molar-refractivity contribution in [3.63, 3.8) is 0 Å². The molecular formula is C16H26N2O2. The Morgan fingerprint density at radius 1 is 1.25 bits per heavy atom. The van der Waals surface area contributed by atoms with E-state index >= 15 is 0 Å². The lowest BCUT2D eigenvalue weighted by molar-refractivity contribution is 0.348. The van der Waals surface area contributed by atoms with E-state index in [1.54, 1.807) is 20.4 Å². The highest BCUT2D eigenvalue weighted by Crippen LogP contribution is 2.29. The second kappa shape index (κ2) is 8.10. The molecule has 0 saturated heterocycles. The minimum atomic E-state index is 0.727. The van der Waals surface area contributed by atoms with E-state index in [0.717, 1.165) is 36.2 Å². The summed E-state index contributed by atoms with van der Waals surface area (Å²) in [5, 5.41) is 3.45. The number of methoxy groups -OCH3 is 2. The topological polar surface area (TPSA) is 43.4 Å². The molecule has 0 unspecified atom stereocenters. The largest absolute Gasteiger partial charge is 0.493 e. The van der Waals surface area contributed by atoms with Gasteiger partial charge in [-0.25, -0.2) is 0 Å². The Morgan fingerprint density at radius 2 is 2.05 bits per heavy atom. The normalized spacial score (nSPS) is 15.5. The fourth-order valence-corrected chi connectivity index (χ4v) is 3.00. The molecule has 0 aromatic carbocycles. The highest BCUT2D eigenvalue weighted by molar-refractivity contribution is 5.42. The molecule has 1 fully saturated rings. The molecule has 0 aliphatic heterocycles. The van der Waals surface area contributed by atoms with Crippen LogP contribution in [0.5, 0.6) is 11.5 Å². The minimum Gasteiger partial charge on any atom is -0.493 e. The number of hydrogen-bond acceptors (Lipinski definition) is 4. The lowest BCUT2D eigenvalue weighted by Crippen LogP contribution is -2.17. The minimum absolute atomic E-state index is 0.727. The third kappa shape index (κ3) is 4.10. The van der Waals surface area contributed by atoms with Crippen LogP contribution in [-0.2, 0) is 6.54 Å².